The van der Waals surface area contributed by atoms with Gasteiger partial charge in [0, 0.05) is 29.7 Å². The van der Waals surface area contributed by atoms with Gasteiger partial charge in [-0.3, -0.25) is 9.59 Å². The summed E-state index contributed by atoms with van der Waals surface area (Å²) in [5.41, 5.74) is 0.922. The van der Waals surface area contributed by atoms with Crippen molar-refractivity contribution >= 4 is 76.6 Å². The Morgan fingerprint density at radius 1 is 0.919 bits per heavy atom. The molecule has 2 atom stereocenters. The van der Waals surface area contributed by atoms with Crippen LogP contribution in [0.1, 0.15) is 41.8 Å². The zero-order chi connectivity index (χ0) is 26.2. The Hall–Kier alpha value is -2.28. The van der Waals surface area contributed by atoms with E-state index in [4.69, 9.17) is 0 Å². The second-order valence-corrected chi connectivity index (χ2v) is 12.6. The zero-order valence-electron chi connectivity index (χ0n) is 20.1. The van der Waals surface area contributed by atoms with Crippen molar-refractivity contribution in [2.24, 2.45) is 11.8 Å². The third-order valence-corrected chi connectivity index (χ3v) is 9.25. The lowest BCUT2D eigenvalue weighted by Crippen LogP contribution is -2.21. The Balaban J connectivity index is 1.16. The third kappa shape index (κ3) is 8.36. The summed E-state index contributed by atoms with van der Waals surface area (Å²) in [6.45, 7) is 2.11. The highest BCUT2D eigenvalue weighted by Crippen LogP contribution is 2.33. The minimum absolute atomic E-state index is 0.0595. The number of nitrogens with zero attached hydrogens (tertiary/aromatic N) is 4. The van der Waals surface area contributed by atoms with Gasteiger partial charge in [0.1, 0.15) is 10.0 Å². The van der Waals surface area contributed by atoms with E-state index in [-0.39, 0.29) is 24.2 Å². The lowest BCUT2D eigenvalue weighted by molar-refractivity contribution is -0.117. The molecule has 2 N–H and O–H groups in total. The van der Waals surface area contributed by atoms with Gasteiger partial charge in [0.2, 0.25) is 22.1 Å². The van der Waals surface area contributed by atoms with Crippen molar-refractivity contribution in [3.8, 4) is 0 Å². The summed E-state index contributed by atoms with van der Waals surface area (Å²) in [6, 6.07) is 7.65. The van der Waals surface area contributed by atoms with Crippen molar-refractivity contribution in [3.63, 3.8) is 0 Å². The molecule has 2 heterocycles. The van der Waals surface area contributed by atoms with Gasteiger partial charge in [-0.25, -0.2) is 0 Å². The van der Waals surface area contributed by atoms with Crippen molar-refractivity contribution in [2.45, 2.75) is 45.4 Å². The first-order valence-electron chi connectivity index (χ1n) is 11.9. The molecule has 1 aromatic carbocycles. The van der Waals surface area contributed by atoms with Gasteiger partial charge in [0.05, 0.1) is 6.42 Å². The lowest BCUT2D eigenvalue weighted by Gasteiger charge is -2.23. The summed E-state index contributed by atoms with van der Waals surface area (Å²) in [5, 5.41) is 25.2. The van der Waals surface area contributed by atoms with E-state index in [0.29, 0.717) is 22.6 Å². The van der Waals surface area contributed by atoms with E-state index >= 15 is 0 Å². The normalized spacial score (nSPS) is 16.9. The van der Waals surface area contributed by atoms with Crippen LogP contribution in [0.15, 0.2) is 51.4 Å². The minimum atomic E-state index is -0.122. The van der Waals surface area contributed by atoms with Crippen LogP contribution in [-0.4, -0.2) is 32.2 Å². The number of amides is 2. The monoisotopic (exact) mass is 664 g/mol. The number of aromatic nitrogens is 4. The maximum Gasteiger partial charge on any atom is 0.230 e. The molecule has 0 radical (unpaired) electrons. The Morgan fingerprint density at radius 3 is 2.16 bits per heavy atom. The quantitative estimate of drug-likeness (QED) is 0.232. The molecule has 0 saturated carbocycles. The Bertz CT molecular complexity index is 1310. The Labute approximate surface area is 240 Å². The lowest BCUT2D eigenvalue weighted by atomic mass is 9.87. The van der Waals surface area contributed by atoms with Crippen LogP contribution in [0.5, 0.6) is 0 Å². The number of nitrogens with one attached hydrogen (secondary N) is 2. The highest BCUT2D eigenvalue weighted by Gasteiger charge is 2.24. The number of rotatable bonds is 11. The van der Waals surface area contributed by atoms with Crippen LogP contribution >= 0.6 is 54.5 Å². The van der Waals surface area contributed by atoms with Crippen molar-refractivity contribution in [1.82, 2.24) is 20.4 Å². The number of carbonyl (C=O) groups excluding carboxylic acids is 2. The number of halogens is 2. The van der Waals surface area contributed by atoms with Crippen LogP contribution in [0.3, 0.4) is 0 Å². The molecule has 0 spiro atoms. The molecule has 8 nitrogen and oxygen atoms in total. The molecular formula is C25H26Br2N6O2S2. The van der Waals surface area contributed by atoms with E-state index in [9.17, 15) is 9.59 Å². The van der Waals surface area contributed by atoms with Crippen molar-refractivity contribution < 1.29 is 9.59 Å². The predicted octanol–water partition coefficient (Wildman–Crippen LogP) is 6.33. The molecule has 2 unspecified atom stereocenters. The number of hydrogen-bond donors (Lipinski definition) is 2. The molecule has 0 saturated heterocycles. The van der Waals surface area contributed by atoms with Crippen molar-refractivity contribution in [2.75, 3.05) is 10.6 Å². The molecule has 194 valence electrons. The number of unbranched alkanes of at least 4 members (excludes halogenated alkanes) is 1. The molecule has 1 aliphatic rings. The fourth-order valence-corrected chi connectivity index (χ4v) is 6.58. The SMILES string of the molecule is CC1C=CC=C(Br)C1CC(=O)Nc1nnc(CCCCc2nnc(NC(=O)Cc3ccccc3Br)s2)s1. The largest absolute Gasteiger partial charge is 0.301 e. The van der Waals surface area contributed by atoms with E-state index in [1.165, 1.54) is 22.7 Å². The van der Waals surface area contributed by atoms with Crippen LogP contribution < -0.4 is 10.6 Å². The van der Waals surface area contributed by atoms with Crippen LogP contribution in [0.25, 0.3) is 0 Å². The van der Waals surface area contributed by atoms with Gasteiger partial charge >= 0.3 is 0 Å². The molecule has 0 aliphatic heterocycles. The summed E-state index contributed by atoms with van der Waals surface area (Å²) in [4.78, 5) is 24.8. The smallest absolute Gasteiger partial charge is 0.230 e. The van der Waals surface area contributed by atoms with Crippen LogP contribution in [0, 0.1) is 11.8 Å². The zero-order valence-corrected chi connectivity index (χ0v) is 24.9. The minimum Gasteiger partial charge on any atom is -0.301 e. The first-order valence-corrected chi connectivity index (χ1v) is 15.1. The second-order valence-electron chi connectivity index (χ2n) is 8.68. The maximum atomic E-state index is 12.5. The number of carbonyl (C=O) groups is 2. The number of anilines is 2. The molecule has 12 heteroatoms. The Kier molecular flexibility index (Phi) is 10.1. The van der Waals surface area contributed by atoms with Gasteiger partial charge in [-0.15, -0.1) is 20.4 Å². The fraction of sp³-hybridized carbons (Fsp3) is 0.360. The summed E-state index contributed by atoms with van der Waals surface area (Å²) in [5.74, 6) is 0.253. The van der Waals surface area contributed by atoms with Gasteiger partial charge in [-0.1, -0.05) is 97.9 Å². The number of benzene rings is 1. The van der Waals surface area contributed by atoms with Crippen LogP contribution in [0.4, 0.5) is 10.3 Å². The van der Waals surface area contributed by atoms with Gasteiger partial charge in [0.15, 0.2) is 0 Å². The fourth-order valence-electron chi connectivity index (χ4n) is 3.83. The summed E-state index contributed by atoms with van der Waals surface area (Å²) in [6.07, 6.45) is 10.1. The first kappa shape index (κ1) is 27.7. The first-order chi connectivity index (χ1) is 17.9. The van der Waals surface area contributed by atoms with Gasteiger partial charge in [-0.05, 0) is 34.9 Å². The average molecular weight is 666 g/mol. The molecular weight excluding hydrogens is 640 g/mol. The van der Waals surface area contributed by atoms with Gasteiger partial charge < -0.3 is 10.6 Å². The molecule has 0 bridgehead atoms. The molecule has 2 amide bonds. The number of allylic oxidation sites excluding steroid dienone is 4. The van der Waals surface area contributed by atoms with E-state index in [2.05, 4.69) is 75.9 Å². The summed E-state index contributed by atoms with van der Waals surface area (Å²) < 4.78 is 1.95. The van der Waals surface area contributed by atoms with E-state index in [1.807, 2.05) is 36.4 Å². The molecule has 2 aromatic heterocycles. The van der Waals surface area contributed by atoms with E-state index in [0.717, 1.165) is 50.2 Å². The Morgan fingerprint density at radius 2 is 1.54 bits per heavy atom. The van der Waals surface area contributed by atoms with E-state index < -0.39 is 0 Å². The highest BCUT2D eigenvalue weighted by molar-refractivity contribution is 9.11. The highest BCUT2D eigenvalue weighted by atomic mass is 79.9. The molecule has 3 aromatic rings. The van der Waals surface area contributed by atoms with Crippen LogP contribution in [-0.2, 0) is 28.9 Å². The molecule has 4 rings (SSSR count). The van der Waals surface area contributed by atoms with Gasteiger partial charge in [-0.2, -0.15) is 0 Å². The third-order valence-electron chi connectivity index (χ3n) is 5.83. The van der Waals surface area contributed by atoms with Crippen molar-refractivity contribution in [1.29, 1.82) is 0 Å². The molecule has 1 aliphatic carbocycles. The molecule has 0 fully saturated rings. The topological polar surface area (TPSA) is 110 Å². The van der Waals surface area contributed by atoms with Gasteiger partial charge in [0.25, 0.3) is 0 Å². The predicted molar refractivity (Wildman–Crippen MR) is 155 cm³/mol. The molecule has 37 heavy (non-hydrogen) atoms. The van der Waals surface area contributed by atoms with E-state index in [1.54, 1.807) is 0 Å². The maximum absolute atomic E-state index is 12.5. The summed E-state index contributed by atoms with van der Waals surface area (Å²) >= 11 is 9.84. The van der Waals surface area contributed by atoms with Crippen LogP contribution in [0.2, 0.25) is 0 Å². The number of hydrogen-bond acceptors (Lipinski definition) is 8. The summed E-state index contributed by atoms with van der Waals surface area (Å²) in [7, 11) is 0. The van der Waals surface area contributed by atoms with Crippen molar-refractivity contribution in [3.05, 3.63) is 67.0 Å². The number of aryl methyl sites for hydroxylation is 2. The average Bonchev–Trinajstić information content (AvgIpc) is 3.50. The standard InChI is InChI=1S/C25H26Br2N6O2S2/c1-15-7-6-10-19(27)17(15)14-21(35)29-25-33-31-23(37-25)12-5-4-11-22-30-32-24(36-22)28-20(34)13-16-8-2-3-9-18(16)26/h2-3,6-10,15,17H,4-5,11-14H2,1H3,(H,28,32,34)(H,29,33,35). The second kappa shape index (κ2) is 13.5.